The number of hydrogen-bond donors (Lipinski definition) is 2. The molecule has 0 spiro atoms. The van der Waals surface area contributed by atoms with Gasteiger partial charge in [0.2, 0.25) is 0 Å². The fourth-order valence-electron chi connectivity index (χ4n) is 3.02. The molecule has 0 aliphatic rings. The summed E-state index contributed by atoms with van der Waals surface area (Å²) in [5.74, 6) is 0.827. The van der Waals surface area contributed by atoms with Crippen molar-refractivity contribution in [2.24, 2.45) is 0 Å². The van der Waals surface area contributed by atoms with Crippen LogP contribution in [0.15, 0.2) is 77.7 Å². The zero-order valence-electron chi connectivity index (χ0n) is 18.2. The number of nitrogens with one attached hydrogen (secondary N) is 2. The summed E-state index contributed by atoms with van der Waals surface area (Å²) >= 11 is 0. The van der Waals surface area contributed by atoms with E-state index in [1.54, 1.807) is 61.7 Å². The molecule has 0 saturated carbocycles. The Bertz CT molecular complexity index is 1180. The average molecular weight is 455 g/mol. The van der Waals surface area contributed by atoms with Crippen molar-refractivity contribution in [2.45, 2.75) is 31.3 Å². The fourth-order valence-corrected chi connectivity index (χ4v) is 4.07. The molecule has 1 atom stereocenters. The van der Waals surface area contributed by atoms with Crippen LogP contribution < -0.4 is 19.5 Å². The van der Waals surface area contributed by atoms with E-state index >= 15 is 0 Å². The van der Waals surface area contributed by atoms with Crippen LogP contribution in [0.4, 0.5) is 11.4 Å². The molecule has 3 aromatic rings. The van der Waals surface area contributed by atoms with Gasteiger partial charge in [-0.1, -0.05) is 25.1 Å². The maximum absolute atomic E-state index is 12.7. The van der Waals surface area contributed by atoms with Crippen LogP contribution >= 0.6 is 0 Å². The second kappa shape index (κ2) is 10.2. The lowest BCUT2D eigenvalue weighted by molar-refractivity contribution is -0.122. The Morgan fingerprint density at radius 1 is 0.938 bits per heavy atom. The van der Waals surface area contributed by atoms with Crippen molar-refractivity contribution in [2.75, 3.05) is 17.1 Å². The smallest absolute Gasteiger partial charge is 0.265 e. The molecular weight excluding hydrogens is 428 g/mol. The average Bonchev–Trinajstić information content (AvgIpc) is 2.77. The molecule has 1 amide bonds. The molecule has 32 heavy (non-hydrogen) atoms. The van der Waals surface area contributed by atoms with Crippen LogP contribution in [0.2, 0.25) is 0 Å². The number of rotatable bonds is 9. The number of anilines is 2. The van der Waals surface area contributed by atoms with Gasteiger partial charge in [-0.25, -0.2) is 8.42 Å². The van der Waals surface area contributed by atoms with Gasteiger partial charge in [-0.05, 0) is 67.4 Å². The van der Waals surface area contributed by atoms with Gasteiger partial charge in [-0.2, -0.15) is 0 Å². The van der Waals surface area contributed by atoms with E-state index in [1.165, 1.54) is 12.1 Å². The van der Waals surface area contributed by atoms with Gasteiger partial charge >= 0.3 is 0 Å². The van der Waals surface area contributed by atoms with Crippen molar-refractivity contribution in [3.05, 3.63) is 78.4 Å². The highest BCUT2D eigenvalue weighted by Gasteiger charge is 2.20. The van der Waals surface area contributed by atoms with Crippen molar-refractivity contribution >= 4 is 27.3 Å². The quantitative estimate of drug-likeness (QED) is 0.493. The van der Waals surface area contributed by atoms with Gasteiger partial charge in [0.15, 0.2) is 6.10 Å². The van der Waals surface area contributed by atoms with E-state index in [4.69, 9.17) is 9.47 Å². The first-order valence-electron chi connectivity index (χ1n) is 10.1. The summed E-state index contributed by atoms with van der Waals surface area (Å²) in [7, 11) is -2.18. The van der Waals surface area contributed by atoms with Gasteiger partial charge in [-0.3, -0.25) is 9.52 Å². The van der Waals surface area contributed by atoms with Gasteiger partial charge < -0.3 is 14.8 Å². The predicted molar refractivity (Wildman–Crippen MR) is 125 cm³/mol. The molecule has 7 nitrogen and oxygen atoms in total. The molecule has 168 valence electrons. The minimum atomic E-state index is -3.74. The molecule has 0 radical (unpaired) electrons. The van der Waals surface area contributed by atoms with E-state index in [-0.39, 0.29) is 10.8 Å². The van der Waals surface area contributed by atoms with Gasteiger partial charge in [-0.15, -0.1) is 0 Å². The van der Waals surface area contributed by atoms with Crippen LogP contribution in [0, 0.1) is 6.92 Å². The lowest BCUT2D eigenvalue weighted by Gasteiger charge is -2.18. The summed E-state index contributed by atoms with van der Waals surface area (Å²) in [5, 5.41) is 2.77. The maximum Gasteiger partial charge on any atom is 0.265 e. The highest BCUT2D eigenvalue weighted by atomic mass is 32.2. The van der Waals surface area contributed by atoms with Crippen molar-refractivity contribution in [1.82, 2.24) is 0 Å². The molecule has 0 fully saturated rings. The Hall–Kier alpha value is -3.52. The number of hydrogen-bond acceptors (Lipinski definition) is 5. The van der Waals surface area contributed by atoms with Crippen molar-refractivity contribution < 1.29 is 22.7 Å². The van der Waals surface area contributed by atoms with Gasteiger partial charge in [0, 0.05) is 17.4 Å². The zero-order valence-corrected chi connectivity index (χ0v) is 19.0. The Balaban J connectivity index is 1.66. The first-order valence-corrected chi connectivity index (χ1v) is 11.6. The summed E-state index contributed by atoms with van der Waals surface area (Å²) in [6.07, 6.45) is -0.260. The van der Waals surface area contributed by atoms with Crippen molar-refractivity contribution in [3.8, 4) is 11.5 Å². The number of aryl methyl sites for hydroxylation is 1. The number of carbonyl (C=O) groups excluding carboxylic acids is 1. The molecule has 8 heteroatoms. The van der Waals surface area contributed by atoms with Crippen molar-refractivity contribution in [1.29, 1.82) is 0 Å². The molecule has 0 heterocycles. The summed E-state index contributed by atoms with van der Waals surface area (Å²) in [5.41, 5.74) is 1.91. The lowest BCUT2D eigenvalue weighted by Crippen LogP contribution is -2.32. The highest BCUT2D eigenvalue weighted by Crippen LogP contribution is 2.22. The molecule has 0 bridgehead atoms. The molecule has 3 rings (SSSR count). The van der Waals surface area contributed by atoms with E-state index in [1.807, 2.05) is 19.9 Å². The predicted octanol–water partition coefficient (Wildman–Crippen LogP) is 4.60. The normalized spacial score (nSPS) is 12.0. The summed E-state index contributed by atoms with van der Waals surface area (Å²) in [6.45, 7) is 3.73. The summed E-state index contributed by atoms with van der Waals surface area (Å²) < 4.78 is 38.8. The van der Waals surface area contributed by atoms with Gasteiger partial charge in [0.25, 0.3) is 15.9 Å². The summed E-state index contributed by atoms with van der Waals surface area (Å²) in [6, 6.07) is 20.1. The molecular formula is C24H26N2O5S. The number of ether oxygens (including phenoxy) is 2. The first-order chi connectivity index (χ1) is 15.3. The number of methoxy groups -OCH3 is 1. The van der Waals surface area contributed by atoms with Gasteiger partial charge in [0.05, 0.1) is 12.0 Å². The first kappa shape index (κ1) is 23.1. The van der Waals surface area contributed by atoms with E-state index in [2.05, 4.69) is 10.0 Å². The largest absolute Gasteiger partial charge is 0.497 e. The maximum atomic E-state index is 12.7. The zero-order chi connectivity index (χ0) is 23.1. The van der Waals surface area contributed by atoms with Crippen molar-refractivity contribution in [3.63, 3.8) is 0 Å². The number of amides is 1. The monoisotopic (exact) mass is 454 g/mol. The molecule has 0 aromatic heterocycles. The molecule has 2 N–H and O–H groups in total. The number of benzene rings is 3. The Morgan fingerprint density at radius 3 is 2.28 bits per heavy atom. The van der Waals surface area contributed by atoms with Crippen LogP contribution in [0.3, 0.4) is 0 Å². The van der Waals surface area contributed by atoms with Crippen LogP contribution in [0.25, 0.3) is 0 Å². The third-order valence-corrected chi connectivity index (χ3v) is 6.08. The molecule has 0 saturated heterocycles. The van der Waals surface area contributed by atoms with E-state index in [0.717, 1.165) is 5.56 Å². The second-order valence-corrected chi connectivity index (χ2v) is 8.86. The highest BCUT2D eigenvalue weighted by molar-refractivity contribution is 7.92. The topological polar surface area (TPSA) is 93.7 Å². The molecule has 0 aliphatic heterocycles. The van der Waals surface area contributed by atoms with Crippen LogP contribution in [0.5, 0.6) is 11.5 Å². The molecule has 1 unspecified atom stereocenters. The third-order valence-electron chi connectivity index (χ3n) is 4.69. The van der Waals surface area contributed by atoms with Crippen LogP contribution in [-0.2, 0) is 14.8 Å². The third kappa shape index (κ3) is 6.01. The van der Waals surface area contributed by atoms with E-state index in [9.17, 15) is 13.2 Å². The number of carbonyl (C=O) groups is 1. The summed E-state index contributed by atoms with van der Waals surface area (Å²) in [4.78, 5) is 12.8. The minimum Gasteiger partial charge on any atom is -0.497 e. The fraction of sp³-hybridized carbons (Fsp3) is 0.208. The SMILES string of the molecule is CCC(Oc1cccc(OC)c1)C(=O)Nc1ccc(S(=O)(=O)Nc2cccc(C)c2)cc1. The Morgan fingerprint density at radius 2 is 1.62 bits per heavy atom. The van der Waals surface area contributed by atoms with Crippen LogP contribution in [-0.4, -0.2) is 27.5 Å². The minimum absolute atomic E-state index is 0.0941. The molecule has 0 aliphatic carbocycles. The second-order valence-electron chi connectivity index (χ2n) is 7.18. The standard InChI is InChI=1S/C24H26N2O5S/c1-4-23(31-21-10-6-9-20(16-21)30-3)24(27)25-18-11-13-22(14-12-18)32(28,29)26-19-8-5-7-17(2)15-19/h5-16,23,26H,4H2,1-3H3,(H,25,27). The Kier molecular flexibility index (Phi) is 7.37. The van der Waals surface area contributed by atoms with Gasteiger partial charge in [0.1, 0.15) is 11.5 Å². The Labute approximate surface area is 188 Å². The molecule has 3 aromatic carbocycles. The van der Waals surface area contributed by atoms with E-state index < -0.39 is 16.1 Å². The van der Waals surface area contributed by atoms with Crippen LogP contribution in [0.1, 0.15) is 18.9 Å². The number of sulfonamides is 1. The lowest BCUT2D eigenvalue weighted by atomic mass is 10.2. The van der Waals surface area contributed by atoms with E-state index in [0.29, 0.717) is 29.3 Å².